The van der Waals surface area contributed by atoms with E-state index in [0.717, 1.165) is 5.56 Å². The number of nitrogen functional groups attached to an aromatic ring is 1. The summed E-state index contributed by atoms with van der Waals surface area (Å²) in [4.78, 5) is 11.9. The van der Waals surface area contributed by atoms with Crippen LogP contribution in [0.15, 0.2) is 42.5 Å². The van der Waals surface area contributed by atoms with Gasteiger partial charge in [0.05, 0.1) is 27.9 Å². The first-order valence-electron chi connectivity index (χ1n) is 5.82. The predicted octanol–water partition coefficient (Wildman–Crippen LogP) is 3.15. The van der Waals surface area contributed by atoms with Gasteiger partial charge in [0.25, 0.3) is 0 Å². The smallest absolute Gasteiger partial charge is 0.340 e. The number of hydrogen-bond donors (Lipinski definition) is 1. The Balaban J connectivity index is 2.09. The molecule has 0 unspecified atom stereocenters. The van der Waals surface area contributed by atoms with Gasteiger partial charge in [-0.25, -0.2) is 4.79 Å². The number of nitriles is 1. The van der Waals surface area contributed by atoms with Crippen molar-refractivity contribution in [2.45, 2.75) is 6.61 Å². The van der Waals surface area contributed by atoms with Crippen LogP contribution in [0.2, 0.25) is 5.02 Å². The zero-order valence-corrected chi connectivity index (χ0v) is 11.2. The number of nitrogens with two attached hydrogens (primary N) is 1. The van der Waals surface area contributed by atoms with Gasteiger partial charge in [0, 0.05) is 0 Å². The minimum absolute atomic E-state index is 0.0697. The number of esters is 1. The second-order valence-electron chi connectivity index (χ2n) is 4.09. The molecule has 0 aliphatic carbocycles. The molecule has 2 aromatic rings. The fourth-order valence-electron chi connectivity index (χ4n) is 1.67. The van der Waals surface area contributed by atoms with Gasteiger partial charge in [0.2, 0.25) is 0 Å². The number of benzene rings is 2. The normalized spacial score (nSPS) is 9.80. The molecule has 0 aliphatic heterocycles. The van der Waals surface area contributed by atoms with Crippen LogP contribution >= 0.6 is 11.6 Å². The summed E-state index contributed by atoms with van der Waals surface area (Å²) in [7, 11) is 0. The third kappa shape index (κ3) is 3.08. The zero-order chi connectivity index (χ0) is 14.5. The Bertz CT molecular complexity index is 693. The van der Waals surface area contributed by atoms with E-state index in [2.05, 4.69) is 0 Å². The van der Waals surface area contributed by atoms with Crippen molar-refractivity contribution < 1.29 is 9.53 Å². The summed E-state index contributed by atoms with van der Waals surface area (Å²) in [6.45, 7) is 0.0697. The van der Waals surface area contributed by atoms with E-state index in [4.69, 9.17) is 27.3 Å². The summed E-state index contributed by atoms with van der Waals surface area (Å²) in [5, 5.41) is 9.11. The van der Waals surface area contributed by atoms with E-state index in [9.17, 15) is 4.79 Å². The van der Waals surface area contributed by atoms with Gasteiger partial charge in [-0.3, -0.25) is 0 Å². The average Bonchev–Trinajstić information content (AvgIpc) is 2.48. The maximum Gasteiger partial charge on any atom is 0.340 e. The monoisotopic (exact) mass is 286 g/mol. The Hall–Kier alpha value is -2.51. The first kappa shape index (κ1) is 13.9. The molecule has 0 aliphatic rings. The third-order valence-corrected chi connectivity index (χ3v) is 3.03. The number of halogens is 1. The third-order valence-electron chi connectivity index (χ3n) is 2.70. The van der Waals surface area contributed by atoms with E-state index in [0.29, 0.717) is 10.6 Å². The van der Waals surface area contributed by atoms with Crippen LogP contribution in [0.3, 0.4) is 0 Å². The van der Waals surface area contributed by atoms with E-state index in [1.165, 1.54) is 0 Å². The number of anilines is 1. The van der Waals surface area contributed by atoms with Crippen LogP contribution < -0.4 is 5.73 Å². The summed E-state index contributed by atoms with van der Waals surface area (Å²) >= 11 is 5.85. The molecule has 0 saturated heterocycles. The molecular weight excluding hydrogens is 276 g/mol. The highest BCUT2D eigenvalue weighted by molar-refractivity contribution is 6.33. The molecule has 4 nitrogen and oxygen atoms in total. The minimum atomic E-state index is -0.549. The lowest BCUT2D eigenvalue weighted by Crippen LogP contribution is -2.08. The van der Waals surface area contributed by atoms with Crippen molar-refractivity contribution in [2.75, 3.05) is 5.73 Å². The average molecular weight is 287 g/mol. The highest BCUT2D eigenvalue weighted by Crippen LogP contribution is 2.23. The highest BCUT2D eigenvalue weighted by Gasteiger charge is 2.13. The number of carbonyl (C=O) groups excluding carboxylic acids is 1. The quantitative estimate of drug-likeness (QED) is 0.694. The highest BCUT2D eigenvalue weighted by atomic mass is 35.5. The van der Waals surface area contributed by atoms with E-state index in [1.54, 1.807) is 42.5 Å². The van der Waals surface area contributed by atoms with Crippen LogP contribution in [-0.2, 0) is 11.3 Å². The second kappa shape index (κ2) is 6.09. The van der Waals surface area contributed by atoms with Crippen molar-refractivity contribution >= 4 is 23.3 Å². The van der Waals surface area contributed by atoms with Crippen LogP contribution in [0.5, 0.6) is 0 Å². The zero-order valence-electron chi connectivity index (χ0n) is 10.5. The summed E-state index contributed by atoms with van der Waals surface area (Å²) in [5.41, 5.74) is 7.40. The Morgan fingerprint density at radius 2 is 2.05 bits per heavy atom. The molecule has 0 heterocycles. The summed E-state index contributed by atoms with van der Waals surface area (Å²) in [5.74, 6) is -0.549. The van der Waals surface area contributed by atoms with Gasteiger partial charge in [-0.05, 0) is 29.8 Å². The van der Waals surface area contributed by atoms with Crippen LogP contribution in [0, 0.1) is 11.3 Å². The second-order valence-corrected chi connectivity index (χ2v) is 4.50. The number of ether oxygens (including phenoxy) is 1. The van der Waals surface area contributed by atoms with Crippen molar-refractivity contribution in [3.05, 3.63) is 64.2 Å². The number of hydrogen-bond acceptors (Lipinski definition) is 4. The van der Waals surface area contributed by atoms with Crippen molar-refractivity contribution in [3.63, 3.8) is 0 Å². The molecule has 0 saturated carbocycles. The van der Waals surface area contributed by atoms with E-state index < -0.39 is 5.97 Å². The van der Waals surface area contributed by atoms with Gasteiger partial charge in [-0.15, -0.1) is 0 Å². The Morgan fingerprint density at radius 3 is 2.80 bits per heavy atom. The van der Waals surface area contributed by atoms with Crippen molar-refractivity contribution in [1.82, 2.24) is 0 Å². The summed E-state index contributed by atoms with van der Waals surface area (Å²) in [6.07, 6.45) is 0. The maximum absolute atomic E-state index is 11.9. The molecule has 0 fully saturated rings. The lowest BCUT2D eigenvalue weighted by atomic mass is 10.1. The fourth-order valence-corrected chi connectivity index (χ4v) is 1.85. The molecular formula is C15H11ClN2O2. The van der Waals surface area contributed by atoms with Crippen molar-refractivity contribution in [2.24, 2.45) is 0 Å². The lowest BCUT2D eigenvalue weighted by molar-refractivity contribution is 0.0474. The fraction of sp³-hybridized carbons (Fsp3) is 0.0667. The Labute approximate surface area is 121 Å². The van der Waals surface area contributed by atoms with Gasteiger partial charge in [-0.2, -0.15) is 5.26 Å². The molecule has 0 spiro atoms. The van der Waals surface area contributed by atoms with Crippen molar-refractivity contribution in [3.8, 4) is 6.07 Å². The van der Waals surface area contributed by atoms with Crippen LogP contribution in [0.25, 0.3) is 0 Å². The standard InChI is InChI=1S/C15H11ClN2O2/c16-13-6-2-5-12(14(13)18)15(19)20-9-11-4-1-3-10(7-11)8-17/h1-7H,9,18H2. The molecule has 0 amide bonds. The SMILES string of the molecule is N#Cc1cccc(COC(=O)c2cccc(Cl)c2N)c1. The minimum Gasteiger partial charge on any atom is -0.457 e. The molecule has 2 aromatic carbocycles. The number of nitrogens with zero attached hydrogens (tertiary/aromatic N) is 1. The summed E-state index contributed by atoms with van der Waals surface area (Å²) in [6, 6.07) is 13.7. The predicted molar refractivity (Wildman–Crippen MR) is 76.1 cm³/mol. The lowest BCUT2D eigenvalue weighted by Gasteiger charge is -2.08. The number of carbonyl (C=O) groups is 1. The van der Waals surface area contributed by atoms with Gasteiger partial charge in [0.15, 0.2) is 0 Å². The molecule has 2 rings (SSSR count). The molecule has 0 radical (unpaired) electrons. The van der Waals surface area contributed by atoms with Crippen LogP contribution in [0.1, 0.15) is 21.5 Å². The first-order chi connectivity index (χ1) is 9.61. The van der Waals surface area contributed by atoms with Crippen LogP contribution in [-0.4, -0.2) is 5.97 Å². The van der Waals surface area contributed by atoms with Gasteiger partial charge >= 0.3 is 5.97 Å². The van der Waals surface area contributed by atoms with Gasteiger partial charge in [0.1, 0.15) is 6.61 Å². The van der Waals surface area contributed by atoms with E-state index in [-0.39, 0.29) is 17.9 Å². The molecule has 20 heavy (non-hydrogen) atoms. The maximum atomic E-state index is 11.9. The van der Waals surface area contributed by atoms with E-state index >= 15 is 0 Å². The largest absolute Gasteiger partial charge is 0.457 e. The Morgan fingerprint density at radius 1 is 1.30 bits per heavy atom. The van der Waals surface area contributed by atoms with Crippen molar-refractivity contribution in [1.29, 1.82) is 5.26 Å². The number of rotatable bonds is 3. The summed E-state index contributed by atoms with van der Waals surface area (Å²) < 4.78 is 5.16. The molecule has 2 N–H and O–H groups in total. The topological polar surface area (TPSA) is 76.1 Å². The van der Waals surface area contributed by atoms with Gasteiger partial charge < -0.3 is 10.5 Å². The van der Waals surface area contributed by atoms with E-state index in [1.807, 2.05) is 6.07 Å². The molecule has 5 heteroatoms. The molecule has 0 aromatic heterocycles. The molecule has 0 bridgehead atoms. The first-order valence-corrected chi connectivity index (χ1v) is 6.20. The Kier molecular flexibility index (Phi) is 4.24. The van der Waals surface area contributed by atoms with Gasteiger partial charge in [-0.1, -0.05) is 29.8 Å². The number of para-hydroxylation sites is 1. The molecule has 100 valence electrons. The molecule has 0 atom stereocenters. The van der Waals surface area contributed by atoms with Crippen LogP contribution in [0.4, 0.5) is 5.69 Å².